The van der Waals surface area contributed by atoms with E-state index in [1.807, 2.05) is 19.1 Å². The molecule has 0 atom stereocenters. The predicted octanol–water partition coefficient (Wildman–Crippen LogP) is 3.38. The van der Waals surface area contributed by atoms with Gasteiger partial charge in [-0.1, -0.05) is 36.7 Å². The van der Waals surface area contributed by atoms with Crippen LogP contribution in [0, 0.1) is 17.0 Å². The molecular formula is C18H20ClN3O5S. The van der Waals surface area contributed by atoms with E-state index in [4.69, 9.17) is 11.6 Å². The first kappa shape index (κ1) is 21.8. The number of likely N-dealkylation sites (N-methyl/N-ethyl adjacent to an activating group) is 1. The molecule has 8 nitrogen and oxygen atoms in total. The van der Waals surface area contributed by atoms with Crippen LogP contribution in [0.4, 0.5) is 11.4 Å². The summed E-state index contributed by atoms with van der Waals surface area (Å²) in [6.45, 7) is 2.91. The first-order valence-electron chi connectivity index (χ1n) is 8.36. The normalized spacial score (nSPS) is 11.5. The van der Waals surface area contributed by atoms with Gasteiger partial charge < -0.3 is 5.32 Å². The Balaban J connectivity index is 2.24. The minimum absolute atomic E-state index is 0.0394. The molecule has 10 heteroatoms. The predicted molar refractivity (Wildman–Crippen MR) is 107 cm³/mol. The second kappa shape index (κ2) is 8.68. The summed E-state index contributed by atoms with van der Waals surface area (Å²) in [4.78, 5) is 22.4. The van der Waals surface area contributed by atoms with Gasteiger partial charge >= 0.3 is 0 Å². The van der Waals surface area contributed by atoms with Crippen molar-refractivity contribution in [3.05, 3.63) is 62.7 Å². The Morgan fingerprint density at radius 1 is 1.29 bits per heavy atom. The number of amides is 1. The van der Waals surface area contributed by atoms with Crippen LogP contribution in [0.25, 0.3) is 0 Å². The molecule has 0 unspecified atom stereocenters. The first-order chi connectivity index (χ1) is 13.1. The number of nitrogens with one attached hydrogen (secondary N) is 1. The topological polar surface area (TPSA) is 110 Å². The van der Waals surface area contributed by atoms with Gasteiger partial charge in [-0.05, 0) is 31.0 Å². The average molecular weight is 426 g/mol. The Morgan fingerprint density at radius 3 is 2.54 bits per heavy atom. The average Bonchev–Trinajstić information content (AvgIpc) is 2.63. The van der Waals surface area contributed by atoms with Crippen LogP contribution >= 0.6 is 11.6 Å². The molecule has 150 valence electrons. The Labute approximate surface area is 168 Å². The van der Waals surface area contributed by atoms with Crippen LogP contribution < -0.4 is 5.32 Å². The lowest BCUT2D eigenvalue weighted by atomic mass is 10.1. The molecule has 0 heterocycles. The van der Waals surface area contributed by atoms with E-state index in [0.717, 1.165) is 22.0 Å². The third kappa shape index (κ3) is 4.67. The number of nitro groups is 1. The standard InChI is InChI=1S/C18H20ClN3O5S/c1-4-13-7-5-6-8-16(13)20-18(23)11-21(3)28(26,27)14-9-15(19)12(2)17(10-14)22(24)25/h5-10H,4,11H2,1-3H3,(H,20,23). The second-order valence-electron chi connectivity index (χ2n) is 6.13. The maximum atomic E-state index is 12.7. The first-order valence-corrected chi connectivity index (χ1v) is 10.2. The zero-order chi connectivity index (χ0) is 21.1. The van der Waals surface area contributed by atoms with Gasteiger partial charge in [0.15, 0.2) is 0 Å². The SMILES string of the molecule is CCc1ccccc1NC(=O)CN(C)S(=O)(=O)c1cc(Cl)c(C)c([N+](=O)[O-])c1. The number of sulfonamides is 1. The van der Waals surface area contributed by atoms with E-state index >= 15 is 0 Å². The van der Waals surface area contributed by atoms with Crippen LogP contribution in [0.5, 0.6) is 0 Å². The van der Waals surface area contributed by atoms with Gasteiger partial charge in [-0.15, -0.1) is 0 Å². The minimum atomic E-state index is -4.15. The molecule has 1 N–H and O–H groups in total. The van der Waals surface area contributed by atoms with Gasteiger partial charge in [0.2, 0.25) is 15.9 Å². The molecule has 0 aliphatic rings. The molecule has 0 spiro atoms. The van der Waals surface area contributed by atoms with Crippen molar-refractivity contribution < 1.29 is 18.1 Å². The molecule has 2 rings (SSSR count). The van der Waals surface area contributed by atoms with Crippen molar-refractivity contribution in [3.8, 4) is 0 Å². The molecule has 2 aromatic carbocycles. The summed E-state index contributed by atoms with van der Waals surface area (Å²) in [6.07, 6.45) is 0.704. The van der Waals surface area contributed by atoms with E-state index in [-0.39, 0.29) is 15.5 Å². The van der Waals surface area contributed by atoms with Gasteiger partial charge in [0.1, 0.15) is 0 Å². The summed E-state index contributed by atoms with van der Waals surface area (Å²) >= 11 is 5.95. The highest BCUT2D eigenvalue weighted by atomic mass is 35.5. The fourth-order valence-electron chi connectivity index (χ4n) is 2.59. The molecule has 0 aliphatic heterocycles. The van der Waals surface area contributed by atoms with Crippen LogP contribution in [-0.4, -0.2) is 37.1 Å². The van der Waals surface area contributed by atoms with Crippen molar-refractivity contribution in [1.29, 1.82) is 0 Å². The quantitative estimate of drug-likeness (QED) is 0.540. The van der Waals surface area contributed by atoms with Crippen molar-refractivity contribution in [2.45, 2.75) is 25.2 Å². The molecule has 1 amide bonds. The molecule has 0 aromatic heterocycles. The Hall–Kier alpha value is -2.49. The zero-order valence-electron chi connectivity index (χ0n) is 15.6. The number of aryl methyl sites for hydroxylation is 1. The number of para-hydroxylation sites is 1. The molecule has 0 radical (unpaired) electrons. The maximum absolute atomic E-state index is 12.7. The van der Waals surface area contributed by atoms with Crippen LogP contribution in [0.1, 0.15) is 18.1 Å². The van der Waals surface area contributed by atoms with Gasteiger partial charge in [0.05, 0.1) is 21.4 Å². The smallest absolute Gasteiger partial charge is 0.275 e. The minimum Gasteiger partial charge on any atom is -0.325 e. The second-order valence-corrected chi connectivity index (χ2v) is 8.58. The number of nitrogens with zero attached hydrogens (tertiary/aromatic N) is 2. The van der Waals surface area contributed by atoms with E-state index in [1.165, 1.54) is 14.0 Å². The lowest BCUT2D eigenvalue weighted by Gasteiger charge is -2.18. The van der Waals surface area contributed by atoms with E-state index < -0.39 is 33.1 Å². The summed E-state index contributed by atoms with van der Waals surface area (Å²) in [7, 11) is -2.93. The fourth-order valence-corrected chi connectivity index (χ4v) is 4.04. The molecule has 0 aliphatic carbocycles. The van der Waals surface area contributed by atoms with Crippen molar-refractivity contribution in [2.75, 3.05) is 18.9 Å². The summed E-state index contributed by atoms with van der Waals surface area (Å²) in [5.74, 6) is -0.528. The van der Waals surface area contributed by atoms with E-state index in [9.17, 15) is 23.3 Å². The summed E-state index contributed by atoms with van der Waals surface area (Å²) in [6, 6.07) is 9.29. The lowest BCUT2D eigenvalue weighted by molar-refractivity contribution is -0.385. The largest absolute Gasteiger partial charge is 0.325 e. The molecule has 0 fully saturated rings. The van der Waals surface area contributed by atoms with E-state index in [1.54, 1.807) is 12.1 Å². The molecular weight excluding hydrogens is 406 g/mol. The number of anilines is 1. The van der Waals surface area contributed by atoms with Crippen LogP contribution in [0.2, 0.25) is 5.02 Å². The number of benzene rings is 2. The van der Waals surface area contributed by atoms with Crippen molar-refractivity contribution in [1.82, 2.24) is 4.31 Å². The van der Waals surface area contributed by atoms with E-state index in [0.29, 0.717) is 12.1 Å². The Bertz CT molecular complexity index is 1020. The highest BCUT2D eigenvalue weighted by Gasteiger charge is 2.27. The number of nitro benzene ring substituents is 1. The van der Waals surface area contributed by atoms with Gasteiger partial charge in [-0.25, -0.2) is 8.42 Å². The zero-order valence-corrected chi connectivity index (χ0v) is 17.2. The van der Waals surface area contributed by atoms with Crippen molar-refractivity contribution >= 4 is 38.9 Å². The number of hydrogen-bond acceptors (Lipinski definition) is 5. The van der Waals surface area contributed by atoms with E-state index in [2.05, 4.69) is 5.32 Å². The van der Waals surface area contributed by atoms with Gasteiger partial charge in [-0.3, -0.25) is 14.9 Å². The number of carbonyl (C=O) groups excluding carboxylic acids is 1. The summed E-state index contributed by atoms with van der Waals surface area (Å²) in [5.41, 5.74) is 1.29. The number of hydrogen-bond donors (Lipinski definition) is 1. The molecule has 0 saturated carbocycles. The fraction of sp³-hybridized carbons (Fsp3) is 0.278. The number of halogens is 1. The molecule has 28 heavy (non-hydrogen) atoms. The third-order valence-corrected chi connectivity index (χ3v) is 6.41. The molecule has 2 aromatic rings. The summed E-state index contributed by atoms with van der Waals surface area (Å²) in [5, 5.41) is 13.8. The van der Waals surface area contributed by atoms with Gasteiger partial charge in [0, 0.05) is 24.4 Å². The molecule has 0 bridgehead atoms. The highest BCUT2D eigenvalue weighted by Crippen LogP contribution is 2.30. The Morgan fingerprint density at radius 2 is 1.93 bits per heavy atom. The number of carbonyl (C=O) groups is 1. The van der Waals surface area contributed by atoms with Gasteiger partial charge in [0.25, 0.3) is 5.69 Å². The monoisotopic (exact) mass is 425 g/mol. The molecule has 0 saturated heterocycles. The Kier molecular flexibility index (Phi) is 6.76. The van der Waals surface area contributed by atoms with Crippen LogP contribution in [0.3, 0.4) is 0 Å². The van der Waals surface area contributed by atoms with Gasteiger partial charge in [-0.2, -0.15) is 4.31 Å². The summed E-state index contributed by atoms with van der Waals surface area (Å²) < 4.78 is 26.3. The van der Waals surface area contributed by atoms with Crippen LogP contribution in [-0.2, 0) is 21.2 Å². The maximum Gasteiger partial charge on any atom is 0.275 e. The van der Waals surface area contributed by atoms with Crippen molar-refractivity contribution in [2.24, 2.45) is 0 Å². The van der Waals surface area contributed by atoms with Crippen LogP contribution in [0.15, 0.2) is 41.3 Å². The highest BCUT2D eigenvalue weighted by molar-refractivity contribution is 7.89. The van der Waals surface area contributed by atoms with Crippen molar-refractivity contribution in [3.63, 3.8) is 0 Å². The third-order valence-electron chi connectivity index (χ3n) is 4.23. The lowest BCUT2D eigenvalue weighted by Crippen LogP contribution is -2.35. The number of rotatable bonds is 7.